The Kier molecular flexibility index (Phi) is 5.70. The molecule has 0 unspecified atom stereocenters. The smallest absolute Gasteiger partial charge is 0.275 e. The molecule has 31 heavy (non-hydrogen) atoms. The Balaban J connectivity index is 1.48. The predicted molar refractivity (Wildman–Crippen MR) is 111 cm³/mol. The van der Waals surface area contributed by atoms with E-state index in [0.29, 0.717) is 17.1 Å². The SMILES string of the molecule is O=C(Nc1cccc(Nc2ncc(F)c(Nc3ccc(F)cc3)n2)c1)c1cnccn1. The van der Waals surface area contributed by atoms with Crippen LogP contribution in [0.25, 0.3) is 0 Å². The highest BCUT2D eigenvalue weighted by atomic mass is 19.1. The summed E-state index contributed by atoms with van der Waals surface area (Å²) in [6, 6.07) is 12.2. The van der Waals surface area contributed by atoms with Gasteiger partial charge in [0, 0.05) is 29.5 Å². The van der Waals surface area contributed by atoms with Crippen molar-refractivity contribution in [2.75, 3.05) is 16.0 Å². The Morgan fingerprint density at radius 2 is 1.65 bits per heavy atom. The number of amides is 1. The lowest BCUT2D eigenvalue weighted by Gasteiger charge is -2.11. The van der Waals surface area contributed by atoms with Gasteiger partial charge in [0.15, 0.2) is 11.6 Å². The van der Waals surface area contributed by atoms with E-state index in [1.165, 1.54) is 42.9 Å². The highest BCUT2D eigenvalue weighted by molar-refractivity contribution is 6.02. The number of halogens is 2. The molecule has 8 nitrogen and oxygen atoms in total. The van der Waals surface area contributed by atoms with Crippen molar-refractivity contribution in [2.45, 2.75) is 0 Å². The first-order chi connectivity index (χ1) is 15.1. The van der Waals surface area contributed by atoms with Crippen molar-refractivity contribution in [3.63, 3.8) is 0 Å². The second kappa shape index (κ2) is 8.91. The van der Waals surface area contributed by atoms with Gasteiger partial charge >= 0.3 is 0 Å². The molecule has 3 N–H and O–H groups in total. The molecule has 2 aromatic carbocycles. The number of aromatic nitrogens is 4. The molecular formula is C21H15F2N7O. The van der Waals surface area contributed by atoms with E-state index in [2.05, 4.69) is 35.9 Å². The zero-order valence-electron chi connectivity index (χ0n) is 15.9. The van der Waals surface area contributed by atoms with Crippen molar-refractivity contribution >= 4 is 34.7 Å². The molecule has 1 amide bonds. The number of benzene rings is 2. The molecule has 2 heterocycles. The molecule has 0 aliphatic carbocycles. The molecule has 0 aliphatic heterocycles. The van der Waals surface area contributed by atoms with Gasteiger partial charge in [0.1, 0.15) is 11.5 Å². The van der Waals surface area contributed by atoms with Crippen molar-refractivity contribution in [3.05, 3.63) is 90.6 Å². The molecule has 0 radical (unpaired) electrons. The van der Waals surface area contributed by atoms with Crippen LogP contribution in [-0.2, 0) is 0 Å². The minimum atomic E-state index is -0.667. The lowest BCUT2D eigenvalue weighted by atomic mass is 10.2. The van der Waals surface area contributed by atoms with Crippen molar-refractivity contribution in [1.29, 1.82) is 0 Å². The summed E-state index contributed by atoms with van der Waals surface area (Å²) in [4.78, 5) is 28.1. The minimum absolute atomic E-state index is 0.0729. The van der Waals surface area contributed by atoms with Crippen molar-refractivity contribution < 1.29 is 13.6 Å². The van der Waals surface area contributed by atoms with E-state index in [4.69, 9.17) is 0 Å². The van der Waals surface area contributed by atoms with E-state index in [0.717, 1.165) is 6.20 Å². The second-order valence-electron chi connectivity index (χ2n) is 6.27. The van der Waals surface area contributed by atoms with E-state index in [-0.39, 0.29) is 17.5 Å². The Labute approximate surface area is 175 Å². The van der Waals surface area contributed by atoms with Crippen LogP contribution in [0, 0.1) is 11.6 Å². The summed E-state index contributed by atoms with van der Waals surface area (Å²) in [5.74, 6) is -1.42. The van der Waals surface area contributed by atoms with Crippen molar-refractivity contribution in [3.8, 4) is 0 Å². The molecule has 4 aromatic rings. The lowest BCUT2D eigenvalue weighted by Crippen LogP contribution is -2.13. The van der Waals surface area contributed by atoms with Gasteiger partial charge in [0.05, 0.1) is 12.4 Å². The molecule has 4 rings (SSSR count). The van der Waals surface area contributed by atoms with Gasteiger partial charge < -0.3 is 16.0 Å². The summed E-state index contributed by atoms with van der Waals surface area (Å²) in [7, 11) is 0. The summed E-state index contributed by atoms with van der Waals surface area (Å²) in [6.45, 7) is 0. The number of carbonyl (C=O) groups is 1. The average molecular weight is 419 g/mol. The molecular weight excluding hydrogens is 404 g/mol. The maximum atomic E-state index is 14.1. The monoisotopic (exact) mass is 419 g/mol. The maximum Gasteiger partial charge on any atom is 0.275 e. The standard InChI is InChI=1S/C21H15F2N7O/c22-13-4-6-14(7-5-13)27-19-17(23)11-26-21(30-19)29-16-3-1-2-15(10-16)28-20(31)18-12-24-8-9-25-18/h1-12H,(H,28,31)(H2,26,27,29,30). The zero-order chi connectivity index (χ0) is 21.6. The van der Waals surface area contributed by atoms with E-state index < -0.39 is 17.5 Å². The van der Waals surface area contributed by atoms with Gasteiger partial charge in [0.25, 0.3) is 5.91 Å². The average Bonchev–Trinajstić information content (AvgIpc) is 2.78. The van der Waals surface area contributed by atoms with Crippen molar-refractivity contribution in [2.24, 2.45) is 0 Å². The van der Waals surface area contributed by atoms with Crippen molar-refractivity contribution in [1.82, 2.24) is 19.9 Å². The molecule has 10 heteroatoms. The summed E-state index contributed by atoms with van der Waals surface area (Å²) >= 11 is 0. The Hall–Kier alpha value is -4.47. The highest BCUT2D eigenvalue weighted by Gasteiger charge is 2.10. The molecule has 154 valence electrons. The normalized spacial score (nSPS) is 10.4. The number of rotatable bonds is 6. The van der Waals surface area contributed by atoms with Crippen LogP contribution in [0.15, 0.2) is 73.3 Å². The van der Waals surface area contributed by atoms with Crippen LogP contribution in [0.4, 0.5) is 37.6 Å². The van der Waals surface area contributed by atoms with Crippen LogP contribution in [0.3, 0.4) is 0 Å². The third-order valence-corrected chi connectivity index (χ3v) is 4.02. The fourth-order valence-corrected chi connectivity index (χ4v) is 2.60. The van der Waals surface area contributed by atoms with Gasteiger partial charge in [-0.1, -0.05) is 6.07 Å². The lowest BCUT2D eigenvalue weighted by molar-refractivity contribution is 0.102. The summed E-state index contributed by atoms with van der Waals surface area (Å²) < 4.78 is 27.1. The Morgan fingerprint density at radius 1 is 0.839 bits per heavy atom. The van der Waals surface area contributed by atoms with Gasteiger partial charge in [0.2, 0.25) is 5.95 Å². The molecule has 0 saturated carbocycles. The van der Waals surface area contributed by atoms with Gasteiger partial charge in [-0.05, 0) is 42.5 Å². The van der Waals surface area contributed by atoms with Crippen LogP contribution in [0.2, 0.25) is 0 Å². The molecule has 0 aliphatic rings. The number of nitrogens with one attached hydrogen (secondary N) is 3. The molecule has 0 atom stereocenters. The maximum absolute atomic E-state index is 14.1. The Bertz CT molecular complexity index is 1200. The summed E-state index contributed by atoms with van der Waals surface area (Å²) in [5.41, 5.74) is 1.72. The Morgan fingerprint density at radius 3 is 2.42 bits per heavy atom. The van der Waals surface area contributed by atoms with E-state index in [9.17, 15) is 13.6 Å². The van der Waals surface area contributed by atoms with Crippen LogP contribution in [0.5, 0.6) is 0 Å². The van der Waals surface area contributed by atoms with Crippen LogP contribution < -0.4 is 16.0 Å². The topological polar surface area (TPSA) is 105 Å². The third kappa shape index (κ3) is 5.12. The highest BCUT2D eigenvalue weighted by Crippen LogP contribution is 2.22. The van der Waals surface area contributed by atoms with Crippen LogP contribution >= 0.6 is 0 Å². The second-order valence-corrected chi connectivity index (χ2v) is 6.27. The molecule has 0 fully saturated rings. The number of hydrogen-bond donors (Lipinski definition) is 3. The molecule has 0 spiro atoms. The summed E-state index contributed by atoms with van der Waals surface area (Å²) in [6.07, 6.45) is 5.28. The molecule has 2 aromatic heterocycles. The largest absolute Gasteiger partial charge is 0.338 e. The fraction of sp³-hybridized carbons (Fsp3) is 0. The van der Waals surface area contributed by atoms with Gasteiger partial charge in [-0.15, -0.1) is 0 Å². The first-order valence-corrected chi connectivity index (χ1v) is 9.06. The fourth-order valence-electron chi connectivity index (χ4n) is 2.60. The van der Waals surface area contributed by atoms with Crippen LogP contribution in [-0.4, -0.2) is 25.8 Å². The number of hydrogen-bond acceptors (Lipinski definition) is 7. The van der Waals surface area contributed by atoms with E-state index in [1.807, 2.05) is 0 Å². The molecule has 0 bridgehead atoms. The van der Waals surface area contributed by atoms with E-state index in [1.54, 1.807) is 24.3 Å². The van der Waals surface area contributed by atoms with Crippen LogP contribution in [0.1, 0.15) is 10.5 Å². The van der Waals surface area contributed by atoms with E-state index >= 15 is 0 Å². The first-order valence-electron chi connectivity index (χ1n) is 9.06. The minimum Gasteiger partial charge on any atom is -0.338 e. The number of anilines is 5. The molecule has 0 saturated heterocycles. The quantitative estimate of drug-likeness (QED) is 0.428. The van der Waals surface area contributed by atoms with Gasteiger partial charge in [-0.2, -0.15) is 4.98 Å². The number of nitrogens with zero attached hydrogens (tertiary/aromatic N) is 4. The van der Waals surface area contributed by atoms with Gasteiger partial charge in [-0.3, -0.25) is 9.78 Å². The predicted octanol–water partition coefficient (Wildman–Crippen LogP) is 4.28. The summed E-state index contributed by atoms with van der Waals surface area (Å²) in [5, 5.41) is 8.45. The van der Waals surface area contributed by atoms with Gasteiger partial charge in [-0.25, -0.2) is 18.7 Å². The first kappa shape index (κ1) is 19.8. The number of carbonyl (C=O) groups excluding carboxylic acids is 1. The third-order valence-electron chi connectivity index (χ3n) is 4.02. The zero-order valence-corrected chi connectivity index (χ0v) is 15.9.